The number of rotatable bonds is 10. The number of carbonyl (C=O) groups is 2. The van der Waals surface area contributed by atoms with Crippen molar-refractivity contribution in [2.75, 3.05) is 19.6 Å². The first kappa shape index (κ1) is 27.4. The summed E-state index contributed by atoms with van der Waals surface area (Å²) in [6.07, 6.45) is 5.23. The van der Waals surface area contributed by atoms with Gasteiger partial charge in [0.1, 0.15) is 28.3 Å². The third kappa shape index (κ3) is 5.99. The number of thiophene rings is 1. The Morgan fingerprint density at radius 2 is 1.71 bits per heavy atom. The molecule has 6 rings (SSSR count). The van der Waals surface area contributed by atoms with Crippen LogP contribution >= 0.6 is 11.3 Å². The van der Waals surface area contributed by atoms with E-state index in [9.17, 15) is 19.1 Å². The predicted molar refractivity (Wildman–Crippen MR) is 157 cm³/mol. The van der Waals surface area contributed by atoms with Gasteiger partial charge in [0.25, 0.3) is 0 Å². The van der Waals surface area contributed by atoms with Crippen LogP contribution in [0.15, 0.2) is 54.6 Å². The third-order valence-electron chi connectivity index (χ3n) is 7.95. The highest BCUT2D eigenvalue weighted by Crippen LogP contribution is 2.43. The van der Waals surface area contributed by atoms with Gasteiger partial charge in [-0.3, -0.25) is 9.69 Å². The maximum Gasteiger partial charge on any atom is 0.335 e. The molecule has 1 N–H and O–H groups in total. The zero-order valence-electron chi connectivity index (χ0n) is 23.1. The summed E-state index contributed by atoms with van der Waals surface area (Å²) in [6.45, 7) is 6.57. The number of ether oxygens (including phenoxy) is 2. The molecule has 1 saturated heterocycles. The van der Waals surface area contributed by atoms with E-state index < -0.39 is 11.8 Å². The summed E-state index contributed by atoms with van der Waals surface area (Å²) in [5, 5.41) is 10.1. The summed E-state index contributed by atoms with van der Waals surface area (Å²) >= 11 is 1.17. The molecule has 0 unspecified atom stereocenters. The predicted octanol–water partition coefficient (Wildman–Crippen LogP) is 7.63. The molecule has 1 aromatic heterocycles. The van der Waals surface area contributed by atoms with E-state index in [1.54, 1.807) is 26.0 Å². The van der Waals surface area contributed by atoms with Crippen molar-refractivity contribution in [3.8, 4) is 17.2 Å². The molecule has 3 aromatic carbocycles. The van der Waals surface area contributed by atoms with Crippen LogP contribution in [0.4, 0.5) is 4.39 Å². The molecule has 2 fully saturated rings. The molecular formula is C33H32FNO5S. The first-order chi connectivity index (χ1) is 19.7. The fourth-order valence-corrected chi connectivity index (χ4v) is 6.72. The molecule has 1 aliphatic carbocycles. The van der Waals surface area contributed by atoms with Crippen LogP contribution in [-0.4, -0.2) is 47.5 Å². The molecule has 1 aliphatic heterocycles. The lowest BCUT2D eigenvalue weighted by Crippen LogP contribution is -2.26. The lowest BCUT2D eigenvalue weighted by molar-refractivity contribution is 0.0696. The van der Waals surface area contributed by atoms with E-state index in [-0.39, 0.29) is 17.5 Å². The summed E-state index contributed by atoms with van der Waals surface area (Å²) in [5.74, 6) is 0.832. The van der Waals surface area contributed by atoms with E-state index >= 15 is 0 Å². The molecular weight excluding hydrogens is 541 g/mol. The fourth-order valence-electron chi connectivity index (χ4n) is 5.60. The number of carbonyl (C=O) groups excluding carboxylic acids is 1. The average molecular weight is 574 g/mol. The quantitative estimate of drug-likeness (QED) is 0.197. The fraction of sp³-hybridized carbons (Fsp3) is 0.333. The standard InChI is InChI=1S/C33H32FNO5S/c1-19-15-23(34)16-20(2)29(19)30(36)32-31(27-10-5-22(33(37)38)17-28(27)41-32)40-25-8-6-24(7-9-25)39-26-12-14-35(18-26)13-11-21-3-4-21/h5-10,15-17,21,26H,3-4,11-14,18H2,1-2H3,(H,37,38)/t26-/m0/s1. The van der Waals surface area contributed by atoms with Crippen molar-refractivity contribution in [2.45, 2.75) is 45.6 Å². The van der Waals surface area contributed by atoms with Crippen molar-refractivity contribution in [1.29, 1.82) is 0 Å². The average Bonchev–Trinajstić information content (AvgIpc) is 3.55. The number of aromatic carboxylic acids is 1. The van der Waals surface area contributed by atoms with Crippen LogP contribution < -0.4 is 9.47 Å². The maximum atomic E-state index is 14.0. The van der Waals surface area contributed by atoms with Crippen molar-refractivity contribution >= 4 is 33.2 Å². The van der Waals surface area contributed by atoms with E-state index in [1.807, 2.05) is 24.3 Å². The Balaban J connectivity index is 1.25. The normalized spacial score (nSPS) is 17.2. The highest BCUT2D eigenvalue weighted by Gasteiger charge is 2.28. The van der Waals surface area contributed by atoms with Gasteiger partial charge in [-0.25, -0.2) is 9.18 Å². The van der Waals surface area contributed by atoms with Gasteiger partial charge in [-0.15, -0.1) is 11.3 Å². The molecule has 0 spiro atoms. The molecule has 1 saturated carbocycles. The van der Waals surface area contributed by atoms with Gasteiger partial charge in [0.15, 0.2) is 5.75 Å². The monoisotopic (exact) mass is 573 g/mol. The maximum absolute atomic E-state index is 14.0. The summed E-state index contributed by atoms with van der Waals surface area (Å²) < 4.78 is 27.2. The lowest BCUT2D eigenvalue weighted by Gasteiger charge is -2.17. The molecule has 6 nitrogen and oxygen atoms in total. The van der Waals surface area contributed by atoms with Gasteiger partial charge in [0.05, 0.1) is 5.56 Å². The summed E-state index contributed by atoms with van der Waals surface area (Å²) in [4.78, 5) is 28.2. The number of hydrogen-bond acceptors (Lipinski definition) is 6. The van der Waals surface area contributed by atoms with Crippen LogP contribution in [-0.2, 0) is 0 Å². The molecule has 1 atom stereocenters. The molecule has 2 heterocycles. The van der Waals surface area contributed by atoms with Crippen LogP contribution in [0, 0.1) is 25.6 Å². The van der Waals surface area contributed by atoms with Crippen LogP contribution in [0.3, 0.4) is 0 Å². The van der Waals surface area contributed by atoms with Crippen molar-refractivity contribution < 1.29 is 28.6 Å². The summed E-state index contributed by atoms with van der Waals surface area (Å²) in [6, 6.07) is 14.8. The molecule has 0 radical (unpaired) electrons. The van der Waals surface area contributed by atoms with Crippen molar-refractivity contribution in [1.82, 2.24) is 4.90 Å². The van der Waals surface area contributed by atoms with Gasteiger partial charge >= 0.3 is 5.97 Å². The Labute approximate surface area is 242 Å². The van der Waals surface area contributed by atoms with E-state index in [1.165, 1.54) is 48.8 Å². The van der Waals surface area contributed by atoms with Crippen LogP contribution in [0.1, 0.15) is 62.4 Å². The topological polar surface area (TPSA) is 76.1 Å². The second kappa shape index (κ2) is 11.3. The number of carboxylic acids is 1. The number of hydrogen-bond donors (Lipinski definition) is 1. The second-order valence-corrected chi connectivity index (χ2v) is 12.2. The van der Waals surface area contributed by atoms with Crippen molar-refractivity contribution in [3.05, 3.63) is 87.5 Å². The molecule has 41 heavy (non-hydrogen) atoms. The molecule has 2 aliphatic rings. The highest BCUT2D eigenvalue weighted by molar-refractivity contribution is 7.21. The minimum Gasteiger partial charge on any atom is -0.489 e. The van der Waals surface area contributed by atoms with Crippen molar-refractivity contribution in [2.24, 2.45) is 5.92 Å². The highest BCUT2D eigenvalue weighted by atomic mass is 32.1. The van der Waals surface area contributed by atoms with Crippen LogP contribution in [0.2, 0.25) is 0 Å². The van der Waals surface area contributed by atoms with Gasteiger partial charge in [0.2, 0.25) is 5.78 Å². The van der Waals surface area contributed by atoms with E-state index in [4.69, 9.17) is 9.47 Å². The third-order valence-corrected chi connectivity index (χ3v) is 9.08. The summed E-state index contributed by atoms with van der Waals surface area (Å²) in [7, 11) is 0. The number of carboxylic acid groups (broad SMARTS) is 1. The first-order valence-electron chi connectivity index (χ1n) is 14.0. The minimum atomic E-state index is -1.05. The van der Waals surface area contributed by atoms with Gasteiger partial charge in [0, 0.05) is 28.7 Å². The number of nitrogens with zero attached hydrogens (tertiary/aromatic N) is 1. The van der Waals surface area contributed by atoms with Gasteiger partial charge in [-0.05, 0) is 105 Å². The van der Waals surface area contributed by atoms with Crippen LogP contribution in [0.5, 0.6) is 17.2 Å². The Morgan fingerprint density at radius 1 is 1.00 bits per heavy atom. The molecule has 0 amide bonds. The van der Waals surface area contributed by atoms with E-state index in [2.05, 4.69) is 4.90 Å². The molecule has 0 bridgehead atoms. The van der Waals surface area contributed by atoms with E-state index in [0.29, 0.717) is 43.2 Å². The Morgan fingerprint density at radius 3 is 2.39 bits per heavy atom. The minimum absolute atomic E-state index is 0.123. The van der Waals surface area contributed by atoms with Crippen LogP contribution in [0.25, 0.3) is 10.1 Å². The number of aryl methyl sites for hydroxylation is 2. The number of likely N-dealkylation sites (tertiary alicyclic amines) is 1. The number of halogens is 1. The zero-order valence-corrected chi connectivity index (χ0v) is 23.9. The molecule has 212 valence electrons. The zero-order chi connectivity index (χ0) is 28.7. The number of ketones is 1. The van der Waals surface area contributed by atoms with E-state index in [0.717, 1.165) is 37.7 Å². The SMILES string of the molecule is Cc1cc(F)cc(C)c1C(=O)c1sc2cc(C(=O)O)ccc2c1Oc1ccc(O[C@H]2CCN(CCC3CC3)C2)cc1. The van der Waals surface area contributed by atoms with Crippen molar-refractivity contribution in [3.63, 3.8) is 0 Å². The Bertz CT molecular complexity index is 1600. The molecule has 4 aromatic rings. The largest absolute Gasteiger partial charge is 0.489 e. The Kier molecular flexibility index (Phi) is 7.53. The van der Waals surface area contributed by atoms with Gasteiger partial charge < -0.3 is 14.6 Å². The number of benzene rings is 3. The van der Waals surface area contributed by atoms with Gasteiger partial charge in [-0.2, -0.15) is 0 Å². The smallest absolute Gasteiger partial charge is 0.335 e. The Hall–Kier alpha value is -3.75. The van der Waals surface area contributed by atoms with Gasteiger partial charge in [-0.1, -0.05) is 12.8 Å². The molecule has 8 heteroatoms. The first-order valence-corrected chi connectivity index (χ1v) is 14.8. The second-order valence-electron chi connectivity index (χ2n) is 11.2. The summed E-state index contributed by atoms with van der Waals surface area (Å²) in [5.41, 5.74) is 1.59. The lowest BCUT2D eigenvalue weighted by atomic mass is 9.97. The number of fused-ring (bicyclic) bond motifs is 1.